The lowest BCUT2D eigenvalue weighted by Gasteiger charge is -2.20. The third-order valence-corrected chi connectivity index (χ3v) is 2.45. The molecular weight excluding hydrogens is 178 g/mol. The maximum absolute atomic E-state index is 9.87. The van der Waals surface area contributed by atoms with Gasteiger partial charge in [0.05, 0.1) is 18.8 Å². The Morgan fingerprint density at radius 2 is 1.79 bits per heavy atom. The first-order valence-corrected chi connectivity index (χ1v) is 4.68. The van der Waals surface area contributed by atoms with E-state index in [4.69, 9.17) is 10.8 Å². The Balaban J connectivity index is 3.05. The lowest BCUT2D eigenvalue weighted by atomic mass is 9.94. The summed E-state index contributed by atoms with van der Waals surface area (Å²) in [6.07, 6.45) is -0.791. The van der Waals surface area contributed by atoms with E-state index in [0.717, 1.165) is 16.7 Å². The van der Waals surface area contributed by atoms with Gasteiger partial charge < -0.3 is 15.9 Å². The maximum atomic E-state index is 9.87. The highest BCUT2D eigenvalue weighted by Gasteiger charge is 2.19. The topological polar surface area (TPSA) is 66.5 Å². The first-order valence-electron chi connectivity index (χ1n) is 4.68. The first kappa shape index (κ1) is 11.2. The van der Waals surface area contributed by atoms with Crippen molar-refractivity contribution in [2.45, 2.75) is 26.0 Å². The Morgan fingerprint density at radius 3 is 2.21 bits per heavy atom. The number of benzene rings is 1. The SMILES string of the molecule is Cc1cccc(C)c1C(O)C(N)CO. The standard InChI is InChI=1S/C11H17NO2/c1-7-4-3-5-8(2)10(7)11(14)9(12)6-13/h3-5,9,11,13-14H,6,12H2,1-2H3. The lowest BCUT2D eigenvalue weighted by molar-refractivity contribution is 0.108. The van der Waals surface area contributed by atoms with Crippen LogP contribution in [0.5, 0.6) is 0 Å². The van der Waals surface area contributed by atoms with Gasteiger partial charge in [-0.1, -0.05) is 18.2 Å². The summed E-state index contributed by atoms with van der Waals surface area (Å²) >= 11 is 0. The van der Waals surface area contributed by atoms with E-state index >= 15 is 0 Å². The second-order valence-electron chi connectivity index (χ2n) is 3.60. The molecule has 0 aliphatic carbocycles. The molecule has 0 saturated heterocycles. The largest absolute Gasteiger partial charge is 0.395 e. The minimum Gasteiger partial charge on any atom is -0.395 e. The molecule has 2 unspecified atom stereocenters. The number of rotatable bonds is 3. The fraction of sp³-hybridized carbons (Fsp3) is 0.455. The van der Waals surface area contributed by atoms with Crippen molar-refractivity contribution in [3.05, 3.63) is 34.9 Å². The van der Waals surface area contributed by atoms with Crippen molar-refractivity contribution in [1.29, 1.82) is 0 Å². The van der Waals surface area contributed by atoms with Gasteiger partial charge in [0.15, 0.2) is 0 Å². The first-order chi connectivity index (χ1) is 6.57. The summed E-state index contributed by atoms with van der Waals surface area (Å²) in [6.45, 7) is 3.64. The molecule has 0 saturated carbocycles. The predicted octanol–water partition coefficient (Wildman–Crippen LogP) is 0.656. The number of hydrogen-bond donors (Lipinski definition) is 3. The van der Waals surface area contributed by atoms with E-state index in [1.54, 1.807) is 0 Å². The van der Waals surface area contributed by atoms with Crippen LogP contribution < -0.4 is 5.73 Å². The normalized spacial score (nSPS) is 15.2. The van der Waals surface area contributed by atoms with Gasteiger partial charge in [0.2, 0.25) is 0 Å². The molecule has 14 heavy (non-hydrogen) atoms. The second kappa shape index (κ2) is 4.55. The Kier molecular flexibility index (Phi) is 3.63. The third-order valence-electron chi connectivity index (χ3n) is 2.45. The van der Waals surface area contributed by atoms with E-state index in [1.165, 1.54) is 0 Å². The minimum absolute atomic E-state index is 0.213. The molecule has 4 N–H and O–H groups in total. The van der Waals surface area contributed by atoms with Gasteiger partial charge >= 0.3 is 0 Å². The van der Waals surface area contributed by atoms with E-state index in [0.29, 0.717) is 0 Å². The highest BCUT2D eigenvalue weighted by atomic mass is 16.3. The Morgan fingerprint density at radius 1 is 1.29 bits per heavy atom. The van der Waals surface area contributed by atoms with Crippen LogP contribution in [0.25, 0.3) is 0 Å². The molecule has 0 aromatic heterocycles. The van der Waals surface area contributed by atoms with Gasteiger partial charge in [-0.25, -0.2) is 0 Å². The van der Waals surface area contributed by atoms with Gasteiger partial charge in [-0.3, -0.25) is 0 Å². The molecule has 0 amide bonds. The molecule has 0 aliphatic heterocycles. The molecule has 3 nitrogen and oxygen atoms in total. The van der Waals surface area contributed by atoms with Crippen LogP contribution in [0.1, 0.15) is 22.8 Å². The van der Waals surface area contributed by atoms with Crippen molar-refractivity contribution in [3.8, 4) is 0 Å². The summed E-state index contributed by atoms with van der Waals surface area (Å²) in [5.74, 6) is 0. The molecule has 3 heteroatoms. The number of nitrogens with two attached hydrogens (primary N) is 1. The lowest BCUT2D eigenvalue weighted by Crippen LogP contribution is -2.32. The summed E-state index contributed by atoms with van der Waals surface area (Å²) in [4.78, 5) is 0. The Labute approximate surface area is 84.2 Å². The van der Waals surface area contributed by atoms with Crippen molar-refractivity contribution in [2.24, 2.45) is 5.73 Å². The Bertz CT molecular complexity index is 292. The van der Waals surface area contributed by atoms with Crippen LogP contribution in [0.15, 0.2) is 18.2 Å². The van der Waals surface area contributed by atoms with Gasteiger partial charge in [0.25, 0.3) is 0 Å². The molecule has 1 rings (SSSR count). The zero-order valence-electron chi connectivity index (χ0n) is 8.57. The zero-order chi connectivity index (χ0) is 10.7. The monoisotopic (exact) mass is 195 g/mol. The molecule has 0 fully saturated rings. The van der Waals surface area contributed by atoms with Crippen molar-refractivity contribution in [1.82, 2.24) is 0 Å². The minimum atomic E-state index is -0.791. The summed E-state index contributed by atoms with van der Waals surface area (Å²) in [6, 6.07) is 5.17. The van der Waals surface area contributed by atoms with Gasteiger partial charge in [0, 0.05) is 0 Å². The van der Waals surface area contributed by atoms with Crippen LogP contribution in [0, 0.1) is 13.8 Å². The quantitative estimate of drug-likeness (QED) is 0.663. The van der Waals surface area contributed by atoms with Crippen molar-refractivity contribution >= 4 is 0 Å². The molecule has 0 heterocycles. The van der Waals surface area contributed by atoms with Crippen LogP contribution >= 0.6 is 0 Å². The van der Waals surface area contributed by atoms with E-state index in [-0.39, 0.29) is 6.61 Å². The van der Waals surface area contributed by atoms with Crippen molar-refractivity contribution in [3.63, 3.8) is 0 Å². The van der Waals surface area contributed by atoms with Crippen LogP contribution in [0.2, 0.25) is 0 Å². The van der Waals surface area contributed by atoms with E-state index in [9.17, 15) is 5.11 Å². The molecule has 0 bridgehead atoms. The molecule has 0 aliphatic rings. The van der Waals surface area contributed by atoms with E-state index in [1.807, 2.05) is 32.0 Å². The molecule has 2 atom stereocenters. The molecule has 78 valence electrons. The van der Waals surface area contributed by atoms with Crippen LogP contribution in [0.3, 0.4) is 0 Å². The van der Waals surface area contributed by atoms with Gasteiger partial charge in [-0.2, -0.15) is 0 Å². The van der Waals surface area contributed by atoms with E-state index < -0.39 is 12.1 Å². The van der Waals surface area contributed by atoms with E-state index in [2.05, 4.69) is 0 Å². The molecule has 1 aromatic rings. The molecule has 1 aromatic carbocycles. The van der Waals surface area contributed by atoms with Crippen LogP contribution in [-0.4, -0.2) is 22.9 Å². The zero-order valence-corrected chi connectivity index (χ0v) is 8.57. The second-order valence-corrected chi connectivity index (χ2v) is 3.60. The smallest absolute Gasteiger partial charge is 0.0968 e. The number of aryl methyl sites for hydroxylation is 2. The highest BCUT2D eigenvalue weighted by Crippen LogP contribution is 2.23. The Hall–Kier alpha value is -0.900. The average Bonchev–Trinajstić information content (AvgIpc) is 2.16. The van der Waals surface area contributed by atoms with Crippen molar-refractivity contribution < 1.29 is 10.2 Å². The highest BCUT2D eigenvalue weighted by molar-refractivity contribution is 5.35. The van der Waals surface area contributed by atoms with Crippen LogP contribution in [0.4, 0.5) is 0 Å². The predicted molar refractivity (Wildman–Crippen MR) is 55.9 cm³/mol. The van der Waals surface area contributed by atoms with Gasteiger partial charge in [-0.15, -0.1) is 0 Å². The molecule has 0 radical (unpaired) electrons. The fourth-order valence-corrected chi connectivity index (χ4v) is 1.61. The molecular formula is C11H17NO2. The maximum Gasteiger partial charge on any atom is 0.0968 e. The van der Waals surface area contributed by atoms with Crippen molar-refractivity contribution in [2.75, 3.05) is 6.61 Å². The number of aliphatic hydroxyl groups excluding tert-OH is 2. The number of aliphatic hydroxyl groups is 2. The average molecular weight is 195 g/mol. The summed E-state index contributed by atoms with van der Waals surface area (Å²) in [5.41, 5.74) is 8.42. The summed E-state index contributed by atoms with van der Waals surface area (Å²) < 4.78 is 0. The van der Waals surface area contributed by atoms with Gasteiger partial charge in [-0.05, 0) is 30.5 Å². The summed E-state index contributed by atoms with van der Waals surface area (Å²) in [5, 5.41) is 18.7. The third kappa shape index (κ3) is 2.12. The fourth-order valence-electron chi connectivity index (χ4n) is 1.61. The molecule has 0 spiro atoms. The number of hydrogen-bond acceptors (Lipinski definition) is 3. The van der Waals surface area contributed by atoms with Crippen LogP contribution in [-0.2, 0) is 0 Å². The van der Waals surface area contributed by atoms with Gasteiger partial charge in [0.1, 0.15) is 0 Å². The summed E-state index contributed by atoms with van der Waals surface area (Å²) in [7, 11) is 0.